The molecule has 5 heteroatoms. The zero-order chi connectivity index (χ0) is 18.4. The molecule has 0 aliphatic rings. The lowest BCUT2D eigenvalue weighted by Crippen LogP contribution is -2.06. The van der Waals surface area contributed by atoms with Crippen LogP contribution in [0.15, 0.2) is 12.1 Å². The van der Waals surface area contributed by atoms with E-state index in [4.69, 9.17) is 9.47 Å². The average Bonchev–Trinajstić information content (AvgIpc) is 2.54. The largest absolute Gasteiger partial charge is 0.477 e. The van der Waals surface area contributed by atoms with Gasteiger partial charge >= 0.3 is 0 Å². The molecule has 1 aromatic heterocycles. The first-order chi connectivity index (χ1) is 12.0. The summed E-state index contributed by atoms with van der Waals surface area (Å²) in [6, 6.07) is 6.22. The molecule has 0 bridgehead atoms. The minimum Gasteiger partial charge on any atom is -0.477 e. The van der Waals surface area contributed by atoms with Gasteiger partial charge in [-0.05, 0) is 45.2 Å². The van der Waals surface area contributed by atoms with Gasteiger partial charge in [-0.1, -0.05) is 37.5 Å². The molecule has 0 unspecified atom stereocenters. The van der Waals surface area contributed by atoms with Gasteiger partial charge < -0.3 is 9.47 Å². The van der Waals surface area contributed by atoms with Gasteiger partial charge in [0.2, 0.25) is 11.8 Å². The number of ether oxygens (including phenoxy) is 2. The minimum absolute atomic E-state index is 0.237. The van der Waals surface area contributed by atoms with Crippen LogP contribution in [0.4, 0.5) is 0 Å². The van der Waals surface area contributed by atoms with Gasteiger partial charge in [-0.15, -0.1) is 0 Å². The Bertz CT molecular complexity index is 771. The summed E-state index contributed by atoms with van der Waals surface area (Å²) >= 11 is 0. The Morgan fingerprint density at radius 3 is 2.24 bits per heavy atom. The molecule has 25 heavy (non-hydrogen) atoms. The third-order valence-electron chi connectivity index (χ3n) is 3.86. The fraction of sp³-hybridized carbons (Fsp3) is 0.450. The van der Waals surface area contributed by atoms with Crippen LogP contribution in [0.1, 0.15) is 54.3 Å². The Balaban J connectivity index is 2.35. The fourth-order valence-electron chi connectivity index (χ4n) is 2.74. The van der Waals surface area contributed by atoms with Crippen molar-refractivity contribution < 1.29 is 9.47 Å². The summed E-state index contributed by atoms with van der Waals surface area (Å²) in [5.41, 5.74) is 3.41. The molecule has 0 atom stereocenters. The highest BCUT2D eigenvalue weighted by Gasteiger charge is 2.18. The molecule has 132 valence electrons. The van der Waals surface area contributed by atoms with Gasteiger partial charge in [-0.3, -0.25) is 0 Å². The molecule has 0 fully saturated rings. The molecule has 0 spiro atoms. The van der Waals surface area contributed by atoms with Gasteiger partial charge in [0.05, 0.1) is 6.61 Å². The van der Waals surface area contributed by atoms with Crippen molar-refractivity contribution in [3.8, 4) is 23.6 Å². The normalized spacial score (nSPS) is 10.4. The van der Waals surface area contributed by atoms with E-state index < -0.39 is 0 Å². The molecule has 0 radical (unpaired) electrons. The lowest BCUT2D eigenvalue weighted by Gasteiger charge is -2.15. The first-order valence-electron chi connectivity index (χ1n) is 8.63. The van der Waals surface area contributed by atoms with E-state index in [1.54, 1.807) is 6.92 Å². The maximum absolute atomic E-state index is 9.56. The van der Waals surface area contributed by atoms with Crippen LogP contribution in [0.3, 0.4) is 0 Å². The van der Waals surface area contributed by atoms with E-state index >= 15 is 0 Å². The zero-order valence-electron chi connectivity index (χ0n) is 15.6. The second-order valence-electron chi connectivity index (χ2n) is 6.25. The van der Waals surface area contributed by atoms with Gasteiger partial charge in [0.1, 0.15) is 17.6 Å². The molecule has 0 N–H and O–H groups in total. The molecule has 2 aromatic rings. The minimum atomic E-state index is 0.237. The maximum Gasteiger partial charge on any atom is 0.244 e. The van der Waals surface area contributed by atoms with Gasteiger partial charge in [0.25, 0.3) is 0 Å². The molecule has 0 saturated carbocycles. The van der Waals surface area contributed by atoms with Crippen LogP contribution in [0.25, 0.3) is 0 Å². The Hall–Kier alpha value is -2.61. The fourth-order valence-corrected chi connectivity index (χ4v) is 2.74. The van der Waals surface area contributed by atoms with Crippen molar-refractivity contribution >= 4 is 0 Å². The highest BCUT2D eigenvalue weighted by Crippen LogP contribution is 2.33. The summed E-state index contributed by atoms with van der Waals surface area (Å²) in [5.74, 6) is 1.78. The van der Waals surface area contributed by atoms with Crippen molar-refractivity contribution in [1.82, 2.24) is 9.97 Å². The van der Waals surface area contributed by atoms with E-state index in [0.717, 1.165) is 36.1 Å². The molecule has 5 nitrogen and oxygen atoms in total. The monoisotopic (exact) mass is 339 g/mol. The first-order valence-corrected chi connectivity index (χ1v) is 8.63. The lowest BCUT2D eigenvalue weighted by atomic mass is 10.1. The number of hydrogen-bond donors (Lipinski definition) is 0. The smallest absolute Gasteiger partial charge is 0.244 e. The summed E-state index contributed by atoms with van der Waals surface area (Å²) in [6.45, 7) is 10.4. The summed E-state index contributed by atoms with van der Waals surface area (Å²) in [6.07, 6.45) is 3.12. The van der Waals surface area contributed by atoms with Crippen LogP contribution in [0, 0.1) is 39.0 Å². The number of benzene rings is 1. The van der Waals surface area contributed by atoms with Crippen molar-refractivity contribution in [2.24, 2.45) is 0 Å². The topological polar surface area (TPSA) is 68.0 Å². The molecular weight excluding hydrogens is 314 g/mol. The van der Waals surface area contributed by atoms with Gasteiger partial charge in [0.15, 0.2) is 5.56 Å². The zero-order valence-corrected chi connectivity index (χ0v) is 15.6. The standard InChI is InChI=1S/C20H25N3O2/c1-6-7-8-9-24-19-17(12-21)20(23-16(5)22-19)25-18-14(3)10-13(2)11-15(18)4/h10-11H,6-9H2,1-5H3. The highest BCUT2D eigenvalue weighted by atomic mass is 16.5. The molecule has 0 aliphatic heterocycles. The van der Waals surface area contributed by atoms with Crippen LogP contribution in [-0.2, 0) is 0 Å². The van der Waals surface area contributed by atoms with Gasteiger partial charge in [0, 0.05) is 0 Å². The summed E-state index contributed by atoms with van der Waals surface area (Å²) < 4.78 is 11.7. The maximum atomic E-state index is 9.56. The number of unbranched alkanes of at least 4 members (excludes halogenated alkanes) is 2. The average molecular weight is 339 g/mol. The van der Waals surface area contributed by atoms with E-state index in [1.165, 1.54) is 5.56 Å². The molecular formula is C20H25N3O2. The molecule has 1 heterocycles. The predicted octanol–water partition coefficient (Wildman–Crippen LogP) is 4.94. The van der Waals surface area contributed by atoms with Crippen molar-refractivity contribution in [3.63, 3.8) is 0 Å². The van der Waals surface area contributed by atoms with Crippen molar-refractivity contribution in [2.75, 3.05) is 6.61 Å². The van der Waals surface area contributed by atoms with E-state index in [2.05, 4.69) is 23.0 Å². The quantitative estimate of drug-likeness (QED) is 0.668. The van der Waals surface area contributed by atoms with Crippen molar-refractivity contribution in [1.29, 1.82) is 5.26 Å². The molecule has 0 aliphatic carbocycles. The second-order valence-corrected chi connectivity index (χ2v) is 6.25. The molecule has 2 rings (SSSR count). The van der Waals surface area contributed by atoms with E-state index in [-0.39, 0.29) is 11.4 Å². The van der Waals surface area contributed by atoms with Gasteiger partial charge in [-0.2, -0.15) is 15.2 Å². The highest BCUT2D eigenvalue weighted by molar-refractivity contribution is 5.50. The van der Waals surface area contributed by atoms with Crippen LogP contribution in [-0.4, -0.2) is 16.6 Å². The molecule has 1 aromatic carbocycles. The Labute approximate surface area is 149 Å². The van der Waals surface area contributed by atoms with Crippen LogP contribution < -0.4 is 9.47 Å². The first kappa shape index (κ1) is 18.7. The number of aryl methyl sites for hydroxylation is 4. The summed E-state index contributed by atoms with van der Waals surface area (Å²) in [7, 11) is 0. The van der Waals surface area contributed by atoms with Crippen molar-refractivity contribution in [2.45, 2.75) is 53.9 Å². The molecule has 0 saturated heterocycles. The van der Waals surface area contributed by atoms with E-state index in [0.29, 0.717) is 18.3 Å². The number of aromatic nitrogens is 2. The summed E-state index contributed by atoms with van der Waals surface area (Å²) in [5, 5.41) is 9.56. The Morgan fingerprint density at radius 1 is 1.00 bits per heavy atom. The third-order valence-corrected chi connectivity index (χ3v) is 3.86. The number of hydrogen-bond acceptors (Lipinski definition) is 5. The Morgan fingerprint density at radius 2 is 1.64 bits per heavy atom. The lowest BCUT2D eigenvalue weighted by molar-refractivity contribution is 0.290. The van der Waals surface area contributed by atoms with Crippen LogP contribution in [0.5, 0.6) is 17.5 Å². The van der Waals surface area contributed by atoms with Crippen LogP contribution >= 0.6 is 0 Å². The Kier molecular flexibility index (Phi) is 6.35. The van der Waals surface area contributed by atoms with E-state index in [1.807, 2.05) is 32.9 Å². The summed E-state index contributed by atoms with van der Waals surface area (Å²) in [4.78, 5) is 8.58. The number of nitrogens with zero attached hydrogens (tertiary/aromatic N) is 3. The number of nitriles is 1. The second kappa shape index (κ2) is 8.48. The van der Waals surface area contributed by atoms with Crippen LogP contribution in [0.2, 0.25) is 0 Å². The van der Waals surface area contributed by atoms with E-state index in [9.17, 15) is 5.26 Å². The molecule has 0 amide bonds. The van der Waals surface area contributed by atoms with Gasteiger partial charge in [-0.25, -0.2) is 0 Å². The predicted molar refractivity (Wildman–Crippen MR) is 97.2 cm³/mol. The van der Waals surface area contributed by atoms with Crippen molar-refractivity contribution in [3.05, 3.63) is 40.2 Å². The SMILES string of the molecule is CCCCCOc1nc(C)nc(Oc2c(C)cc(C)cc2C)c1C#N. The third kappa shape index (κ3) is 4.69. The number of rotatable bonds is 7.